The van der Waals surface area contributed by atoms with Crippen molar-refractivity contribution in [2.75, 3.05) is 6.54 Å². The highest BCUT2D eigenvalue weighted by Gasteiger charge is 2.54. The van der Waals surface area contributed by atoms with Gasteiger partial charge >= 0.3 is 18.1 Å². The Bertz CT molecular complexity index is 318. The Labute approximate surface area is 86.3 Å². The lowest BCUT2D eigenvalue weighted by atomic mass is 10.1. The van der Waals surface area contributed by atoms with Crippen LogP contribution < -0.4 is 0 Å². The number of alkyl halides is 4. The summed E-state index contributed by atoms with van der Waals surface area (Å²) < 4.78 is 49.0. The fourth-order valence-electron chi connectivity index (χ4n) is 1.44. The molecule has 0 radical (unpaired) electrons. The summed E-state index contributed by atoms with van der Waals surface area (Å²) in [5, 5.41) is 17.4. The number of carboxylic acid groups (broad SMARTS) is 1. The highest BCUT2D eigenvalue weighted by Crippen LogP contribution is 2.27. The average molecular weight is 245 g/mol. The van der Waals surface area contributed by atoms with E-state index in [2.05, 4.69) is 0 Å². The molecule has 0 aromatic carbocycles. The zero-order valence-electron chi connectivity index (χ0n) is 7.61. The van der Waals surface area contributed by atoms with Gasteiger partial charge in [-0.2, -0.15) is 13.2 Å². The predicted octanol–water partition coefficient (Wildman–Crippen LogP) is -0.457. The molecule has 3 atom stereocenters. The third-order valence-corrected chi connectivity index (χ3v) is 2.15. The molecule has 1 heterocycles. The largest absolute Gasteiger partial charge is 0.480 e. The first kappa shape index (κ1) is 12.7. The van der Waals surface area contributed by atoms with Gasteiger partial charge in [-0.25, -0.2) is 9.18 Å². The monoisotopic (exact) mass is 245 g/mol. The van der Waals surface area contributed by atoms with E-state index in [1.54, 1.807) is 0 Å². The van der Waals surface area contributed by atoms with Crippen LogP contribution in [-0.2, 0) is 9.59 Å². The molecule has 1 aliphatic rings. The molecule has 0 aliphatic carbocycles. The first-order chi connectivity index (χ1) is 7.16. The van der Waals surface area contributed by atoms with Crippen LogP contribution in [0.25, 0.3) is 0 Å². The summed E-state index contributed by atoms with van der Waals surface area (Å²) in [4.78, 5) is 21.0. The molecule has 1 saturated heterocycles. The first-order valence-electron chi connectivity index (χ1n) is 4.09. The van der Waals surface area contributed by atoms with Crippen molar-refractivity contribution in [2.45, 2.75) is 24.5 Å². The van der Waals surface area contributed by atoms with E-state index in [-0.39, 0.29) is 4.90 Å². The lowest BCUT2D eigenvalue weighted by molar-refractivity contribution is -0.188. The minimum Gasteiger partial charge on any atom is -0.480 e. The normalized spacial score (nSPS) is 30.6. The van der Waals surface area contributed by atoms with E-state index in [4.69, 9.17) is 10.2 Å². The number of hydrogen-bond acceptors (Lipinski definition) is 3. The summed E-state index contributed by atoms with van der Waals surface area (Å²) in [5.41, 5.74) is 0. The number of carbonyl (C=O) groups is 2. The van der Waals surface area contributed by atoms with Gasteiger partial charge in [0.25, 0.3) is 0 Å². The molecule has 0 spiro atoms. The average Bonchev–Trinajstić information content (AvgIpc) is 2.40. The second-order valence-electron chi connectivity index (χ2n) is 3.25. The van der Waals surface area contributed by atoms with Crippen molar-refractivity contribution < 1.29 is 37.4 Å². The Morgan fingerprint density at radius 2 is 1.81 bits per heavy atom. The fraction of sp³-hybridized carbons (Fsp3) is 0.714. The van der Waals surface area contributed by atoms with Gasteiger partial charge in [-0.05, 0) is 0 Å². The molecule has 1 rings (SSSR count). The SMILES string of the molecule is O=C(O)[C@@H]1[C@H](F)[C@H](O)CN1C(=O)C(F)(F)F. The predicted molar refractivity (Wildman–Crippen MR) is 40.1 cm³/mol. The summed E-state index contributed by atoms with van der Waals surface area (Å²) in [6, 6.07) is -2.30. The summed E-state index contributed by atoms with van der Waals surface area (Å²) in [7, 11) is 0. The molecule has 16 heavy (non-hydrogen) atoms. The van der Waals surface area contributed by atoms with Crippen LogP contribution in [0.2, 0.25) is 0 Å². The summed E-state index contributed by atoms with van der Waals surface area (Å²) in [5.74, 6) is -4.40. The number of aliphatic carboxylic acids is 1. The molecule has 1 fully saturated rings. The number of likely N-dealkylation sites (tertiary alicyclic amines) is 1. The Morgan fingerprint density at radius 1 is 1.31 bits per heavy atom. The number of hydrogen-bond donors (Lipinski definition) is 2. The molecule has 0 bridgehead atoms. The van der Waals surface area contributed by atoms with Crippen molar-refractivity contribution in [3.63, 3.8) is 0 Å². The zero-order valence-corrected chi connectivity index (χ0v) is 7.61. The summed E-state index contributed by atoms with van der Waals surface area (Å²) in [6.07, 6.45) is -9.64. The Morgan fingerprint density at radius 3 is 2.19 bits per heavy atom. The molecule has 1 amide bonds. The maximum atomic E-state index is 13.0. The zero-order chi connectivity index (χ0) is 12.7. The van der Waals surface area contributed by atoms with Crippen LogP contribution in [0.1, 0.15) is 0 Å². The van der Waals surface area contributed by atoms with Crippen molar-refractivity contribution in [1.29, 1.82) is 0 Å². The number of amides is 1. The minimum absolute atomic E-state index is 0.225. The number of carbonyl (C=O) groups excluding carboxylic acids is 1. The Hall–Kier alpha value is -1.38. The second kappa shape index (κ2) is 3.89. The van der Waals surface area contributed by atoms with Gasteiger partial charge in [0.1, 0.15) is 6.10 Å². The van der Waals surface area contributed by atoms with E-state index in [1.165, 1.54) is 0 Å². The number of rotatable bonds is 1. The van der Waals surface area contributed by atoms with Crippen LogP contribution in [0, 0.1) is 0 Å². The molecule has 1 aliphatic heterocycles. The quantitative estimate of drug-likeness (QED) is 0.613. The fourth-order valence-corrected chi connectivity index (χ4v) is 1.44. The van der Waals surface area contributed by atoms with Crippen molar-refractivity contribution in [3.05, 3.63) is 0 Å². The first-order valence-corrected chi connectivity index (χ1v) is 4.09. The van der Waals surface area contributed by atoms with Crippen LogP contribution in [0.3, 0.4) is 0 Å². The highest BCUT2D eigenvalue weighted by molar-refractivity contribution is 5.88. The van der Waals surface area contributed by atoms with Crippen LogP contribution >= 0.6 is 0 Å². The van der Waals surface area contributed by atoms with Gasteiger partial charge < -0.3 is 15.1 Å². The van der Waals surface area contributed by atoms with Crippen molar-refractivity contribution in [1.82, 2.24) is 4.90 Å². The van der Waals surface area contributed by atoms with Crippen LogP contribution in [0.4, 0.5) is 17.6 Å². The van der Waals surface area contributed by atoms with Gasteiger partial charge in [0.15, 0.2) is 12.2 Å². The molecule has 0 unspecified atom stereocenters. The molecule has 0 aromatic heterocycles. The van der Waals surface area contributed by atoms with Gasteiger partial charge in [-0.1, -0.05) is 0 Å². The Balaban J connectivity index is 2.96. The third kappa shape index (κ3) is 2.08. The molecule has 0 aromatic rings. The standard InChI is InChI=1S/C7H7F4NO4/c8-3-2(13)1-12(4(3)5(14)15)6(16)7(9,10)11/h2-4,13H,1H2,(H,14,15)/t2-,3-,4+/m1/s1. The summed E-state index contributed by atoms with van der Waals surface area (Å²) in [6.45, 7) is -0.990. The van der Waals surface area contributed by atoms with E-state index < -0.39 is 42.9 Å². The number of aliphatic hydroxyl groups excluding tert-OH is 1. The molecule has 0 saturated carbocycles. The molecule has 5 nitrogen and oxygen atoms in total. The van der Waals surface area contributed by atoms with E-state index in [0.29, 0.717) is 0 Å². The van der Waals surface area contributed by atoms with Gasteiger partial charge in [0, 0.05) is 0 Å². The molecular formula is C7H7F4NO4. The number of β-amino-alcohol motifs (C(OH)–C–C–N with tert-alkyl or cyclic N) is 1. The highest BCUT2D eigenvalue weighted by atomic mass is 19.4. The minimum atomic E-state index is -5.29. The van der Waals surface area contributed by atoms with Crippen molar-refractivity contribution in [3.8, 4) is 0 Å². The number of halogens is 4. The van der Waals surface area contributed by atoms with Crippen molar-refractivity contribution in [2.24, 2.45) is 0 Å². The van der Waals surface area contributed by atoms with E-state index >= 15 is 0 Å². The number of aliphatic hydroxyl groups is 1. The molecule has 2 N–H and O–H groups in total. The van der Waals surface area contributed by atoms with Crippen molar-refractivity contribution >= 4 is 11.9 Å². The van der Waals surface area contributed by atoms with E-state index in [0.717, 1.165) is 0 Å². The van der Waals surface area contributed by atoms with E-state index in [9.17, 15) is 27.2 Å². The third-order valence-electron chi connectivity index (χ3n) is 2.15. The van der Waals surface area contributed by atoms with Crippen LogP contribution in [-0.4, -0.2) is 58.0 Å². The van der Waals surface area contributed by atoms with Crippen LogP contribution in [0.15, 0.2) is 0 Å². The van der Waals surface area contributed by atoms with E-state index in [1.807, 2.05) is 0 Å². The van der Waals surface area contributed by atoms with Gasteiger partial charge in [-0.3, -0.25) is 4.79 Å². The number of nitrogens with zero attached hydrogens (tertiary/aromatic N) is 1. The number of carboxylic acids is 1. The maximum absolute atomic E-state index is 13.0. The smallest absolute Gasteiger partial charge is 0.471 e. The maximum Gasteiger partial charge on any atom is 0.471 e. The molecule has 9 heteroatoms. The lowest BCUT2D eigenvalue weighted by Crippen LogP contribution is -2.49. The Kier molecular flexibility index (Phi) is 3.08. The van der Waals surface area contributed by atoms with Gasteiger partial charge in [0.2, 0.25) is 0 Å². The lowest BCUT2D eigenvalue weighted by Gasteiger charge is -2.22. The molecule has 92 valence electrons. The second-order valence-corrected chi connectivity index (χ2v) is 3.25. The molecular weight excluding hydrogens is 238 g/mol. The summed E-state index contributed by atoms with van der Waals surface area (Å²) >= 11 is 0. The van der Waals surface area contributed by atoms with Gasteiger partial charge in [-0.15, -0.1) is 0 Å². The van der Waals surface area contributed by atoms with Crippen LogP contribution in [0.5, 0.6) is 0 Å². The topological polar surface area (TPSA) is 77.8 Å². The van der Waals surface area contributed by atoms with Gasteiger partial charge in [0.05, 0.1) is 6.54 Å².